The number of amides is 1. The molecule has 0 radical (unpaired) electrons. The Bertz CT molecular complexity index is 527. The summed E-state index contributed by atoms with van der Waals surface area (Å²) in [5, 5.41) is 12.7. The van der Waals surface area contributed by atoms with E-state index in [9.17, 15) is 9.90 Å². The molecule has 4 heteroatoms. The van der Waals surface area contributed by atoms with Crippen molar-refractivity contribution in [3.8, 4) is 0 Å². The summed E-state index contributed by atoms with van der Waals surface area (Å²) in [5.41, 5.74) is 2.47. The van der Waals surface area contributed by atoms with Gasteiger partial charge in [-0.15, -0.1) is 0 Å². The van der Waals surface area contributed by atoms with Gasteiger partial charge in [-0.1, -0.05) is 29.8 Å². The second-order valence-corrected chi connectivity index (χ2v) is 6.74. The van der Waals surface area contributed by atoms with Gasteiger partial charge in [-0.3, -0.25) is 4.79 Å². The Hall–Kier alpha value is -1.39. The Morgan fingerprint density at radius 2 is 2.27 bits per heavy atom. The van der Waals surface area contributed by atoms with Gasteiger partial charge in [0.25, 0.3) is 0 Å². The molecule has 2 aliphatic rings. The Morgan fingerprint density at radius 1 is 1.45 bits per heavy atom. The first kappa shape index (κ1) is 15.5. The molecule has 1 aromatic carbocycles. The van der Waals surface area contributed by atoms with Crippen LogP contribution in [0.2, 0.25) is 0 Å². The summed E-state index contributed by atoms with van der Waals surface area (Å²) in [6.07, 6.45) is 2.78. The van der Waals surface area contributed by atoms with E-state index >= 15 is 0 Å². The highest BCUT2D eigenvalue weighted by molar-refractivity contribution is 5.82. The average molecular weight is 303 g/mol. The summed E-state index contributed by atoms with van der Waals surface area (Å²) in [4.78, 5) is 12.1. The first-order chi connectivity index (χ1) is 10.6. The van der Waals surface area contributed by atoms with Crippen LogP contribution in [-0.4, -0.2) is 36.9 Å². The van der Waals surface area contributed by atoms with Gasteiger partial charge in [0.05, 0.1) is 12.7 Å². The van der Waals surface area contributed by atoms with Crippen LogP contribution in [0.1, 0.15) is 36.3 Å². The lowest BCUT2D eigenvalue weighted by atomic mass is 10.1. The molecule has 2 fully saturated rings. The minimum Gasteiger partial charge on any atom is -0.389 e. The molecule has 3 atom stereocenters. The van der Waals surface area contributed by atoms with Crippen LogP contribution < -0.4 is 5.32 Å². The molecule has 1 amide bonds. The molecule has 0 spiro atoms. The predicted octanol–water partition coefficient (Wildman–Crippen LogP) is 2.00. The number of hydrogen-bond acceptors (Lipinski definition) is 3. The van der Waals surface area contributed by atoms with Crippen LogP contribution in [0.4, 0.5) is 0 Å². The van der Waals surface area contributed by atoms with Gasteiger partial charge in [0.1, 0.15) is 0 Å². The number of carbonyl (C=O) groups excluding carboxylic acids is 1. The number of carbonyl (C=O) groups is 1. The van der Waals surface area contributed by atoms with Gasteiger partial charge in [0.2, 0.25) is 5.91 Å². The number of aryl methyl sites for hydroxylation is 1. The van der Waals surface area contributed by atoms with Crippen molar-refractivity contribution in [2.24, 2.45) is 11.8 Å². The van der Waals surface area contributed by atoms with Gasteiger partial charge in [-0.2, -0.15) is 0 Å². The van der Waals surface area contributed by atoms with Crippen molar-refractivity contribution in [1.82, 2.24) is 5.32 Å². The Morgan fingerprint density at radius 3 is 3.00 bits per heavy atom. The first-order valence-electron chi connectivity index (χ1n) is 8.23. The third-order valence-corrected chi connectivity index (χ3v) is 4.47. The molecule has 120 valence electrons. The number of aliphatic hydroxyl groups is 1. The fourth-order valence-electron chi connectivity index (χ4n) is 2.82. The number of rotatable bonds is 8. The Kier molecular flexibility index (Phi) is 4.79. The molecule has 1 aromatic rings. The molecule has 0 unspecified atom stereocenters. The van der Waals surface area contributed by atoms with Crippen LogP contribution in [0.5, 0.6) is 0 Å². The highest BCUT2D eigenvalue weighted by Crippen LogP contribution is 2.47. The molecule has 2 saturated carbocycles. The van der Waals surface area contributed by atoms with Gasteiger partial charge in [-0.25, -0.2) is 0 Å². The SMILES string of the molecule is Cc1cccc([C@@H]2C[C@H]2C(=O)NC[C@@H](O)COCC2CC2)c1. The zero-order valence-electron chi connectivity index (χ0n) is 13.1. The number of benzene rings is 1. The average Bonchev–Trinajstić information content (AvgIpc) is 3.37. The maximum atomic E-state index is 12.1. The molecule has 3 rings (SSSR count). The smallest absolute Gasteiger partial charge is 0.223 e. The van der Waals surface area contributed by atoms with Gasteiger partial charge in [0.15, 0.2) is 0 Å². The van der Waals surface area contributed by atoms with E-state index in [1.165, 1.54) is 24.0 Å². The summed E-state index contributed by atoms with van der Waals surface area (Å²) in [7, 11) is 0. The number of aliphatic hydroxyl groups excluding tert-OH is 1. The zero-order chi connectivity index (χ0) is 15.5. The summed E-state index contributed by atoms with van der Waals surface area (Å²) < 4.78 is 5.43. The van der Waals surface area contributed by atoms with Crippen LogP contribution in [-0.2, 0) is 9.53 Å². The van der Waals surface area contributed by atoms with Crippen molar-refractivity contribution in [2.45, 2.75) is 38.2 Å². The molecule has 0 heterocycles. The quantitative estimate of drug-likeness (QED) is 0.772. The first-order valence-corrected chi connectivity index (χ1v) is 8.23. The molecule has 22 heavy (non-hydrogen) atoms. The number of hydrogen-bond donors (Lipinski definition) is 2. The monoisotopic (exact) mass is 303 g/mol. The summed E-state index contributed by atoms with van der Waals surface area (Å²) in [5.74, 6) is 1.14. The fraction of sp³-hybridized carbons (Fsp3) is 0.611. The van der Waals surface area contributed by atoms with E-state index in [0.29, 0.717) is 18.4 Å². The molecule has 2 N–H and O–H groups in total. The normalized spacial score (nSPS) is 24.8. The summed E-state index contributed by atoms with van der Waals surface area (Å²) >= 11 is 0. The topological polar surface area (TPSA) is 58.6 Å². The lowest BCUT2D eigenvalue weighted by Crippen LogP contribution is -2.35. The highest BCUT2D eigenvalue weighted by atomic mass is 16.5. The second kappa shape index (κ2) is 6.80. The molecule has 4 nitrogen and oxygen atoms in total. The van der Waals surface area contributed by atoms with Crippen LogP contribution in [0.25, 0.3) is 0 Å². The van der Waals surface area contributed by atoms with Crippen molar-refractivity contribution in [2.75, 3.05) is 19.8 Å². The standard InChI is InChI=1S/C18H25NO3/c1-12-3-2-4-14(7-12)16-8-17(16)18(21)19-9-15(20)11-22-10-13-5-6-13/h2-4,7,13,15-17,20H,5-6,8-11H2,1H3,(H,19,21)/t15-,16+,17-/m1/s1. The van der Waals surface area contributed by atoms with E-state index in [2.05, 4.69) is 30.4 Å². The van der Waals surface area contributed by atoms with E-state index in [-0.39, 0.29) is 18.4 Å². The molecule has 0 saturated heterocycles. The molecular formula is C18H25NO3. The van der Waals surface area contributed by atoms with Crippen molar-refractivity contribution >= 4 is 5.91 Å². The molecule has 0 aromatic heterocycles. The largest absolute Gasteiger partial charge is 0.389 e. The van der Waals surface area contributed by atoms with Crippen LogP contribution in [0.3, 0.4) is 0 Å². The third-order valence-electron chi connectivity index (χ3n) is 4.47. The molecule has 2 aliphatic carbocycles. The third kappa shape index (κ3) is 4.31. The van der Waals surface area contributed by atoms with Crippen LogP contribution in [0, 0.1) is 18.8 Å². The maximum Gasteiger partial charge on any atom is 0.223 e. The Balaban J connectivity index is 1.36. The van der Waals surface area contributed by atoms with Gasteiger partial charge < -0.3 is 15.2 Å². The zero-order valence-corrected chi connectivity index (χ0v) is 13.1. The van der Waals surface area contributed by atoms with Crippen molar-refractivity contribution in [1.29, 1.82) is 0 Å². The molecule has 0 aliphatic heterocycles. The van der Waals surface area contributed by atoms with Crippen molar-refractivity contribution in [3.63, 3.8) is 0 Å². The molecule has 0 bridgehead atoms. The predicted molar refractivity (Wildman–Crippen MR) is 84.6 cm³/mol. The van der Waals surface area contributed by atoms with Gasteiger partial charge in [0, 0.05) is 19.1 Å². The van der Waals surface area contributed by atoms with Crippen LogP contribution in [0.15, 0.2) is 24.3 Å². The summed E-state index contributed by atoms with van der Waals surface area (Å²) in [6, 6.07) is 8.35. The Labute approximate surface area is 131 Å². The lowest BCUT2D eigenvalue weighted by molar-refractivity contribution is -0.123. The number of nitrogens with one attached hydrogen (secondary N) is 1. The van der Waals surface area contributed by atoms with E-state index in [1.54, 1.807) is 0 Å². The van der Waals surface area contributed by atoms with Gasteiger partial charge >= 0.3 is 0 Å². The minimum atomic E-state index is -0.612. The summed E-state index contributed by atoms with van der Waals surface area (Å²) in [6.45, 7) is 3.39. The number of ether oxygens (including phenoxy) is 1. The van der Waals surface area contributed by atoms with E-state index < -0.39 is 6.10 Å². The molecular weight excluding hydrogens is 278 g/mol. The van der Waals surface area contributed by atoms with Gasteiger partial charge in [-0.05, 0) is 43.6 Å². The lowest BCUT2D eigenvalue weighted by Gasteiger charge is -2.12. The van der Waals surface area contributed by atoms with Crippen LogP contribution >= 0.6 is 0 Å². The fourth-order valence-corrected chi connectivity index (χ4v) is 2.82. The highest BCUT2D eigenvalue weighted by Gasteiger charge is 2.43. The minimum absolute atomic E-state index is 0.0488. The second-order valence-electron chi connectivity index (χ2n) is 6.74. The van der Waals surface area contributed by atoms with Crippen molar-refractivity contribution < 1.29 is 14.6 Å². The van der Waals surface area contributed by atoms with Crippen molar-refractivity contribution in [3.05, 3.63) is 35.4 Å². The van der Waals surface area contributed by atoms with E-state index in [0.717, 1.165) is 13.0 Å². The van der Waals surface area contributed by atoms with E-state index in [1.807, 2.05) is 6.07 Å². The van der Waals surface area contributed by atoms with E-state index in [4.69, 9.17) is 4.74 Å². The maximum absolute atomic E-state index is 12.1.